The molecule has 0 aromatic heterocycles. The molecule has 1 amide bonds. The van der Waals surface area contributed by atoms with Gasteiger partial charge in [-0.25, -0.2) is 4.79 Å². The van der Waals surface area contributed by atoms with Crippen molar-refractivity contribution in [3.63, 3.8) is 0 Å². The zero-order valence-electron chi connectivity index (χ0n) is 16.0. The van der Waals surface area contributed by atoms with Gasteiger partial charge in [-0.3, -0.25) is 4.79 Å². The Morgan fingerprint density at radius 3 is 2.41 bits per heavy atom. The fraction of sp³-hybridized carbons (Fsp3) is 0.190. The van der Waals surface area contributed by atoms with Crippen LogP contribution in [0.5, 0.6) is 5.75 Å². The van der Waals surface area contributed by atoms with Gasteiger partial charge in [0.05, 0.1) is 14.3 Å². The number of nitrogens with zero attached hydrogens (tertiary/aromatic N) is 1. The maximum Gasteiger partial charge on any atom is 0.343 e. The van der Waals surface area contributed by atoms with Gasteiger partial charge in [0.1, 0.15) is 17.4 Å². The Bertz CT molecular complexity index is 1000. The Labute approximate surface area is 196 Å². The monoisotopic (exact) mass is 616 g/mol. The number of esters is 1. The van der Waals surface area contributed by atoms with Gasteiger partial charge in [-0.2, -0.15) is 5.26 Å². The van der Waals surface area contributed by atoms with E-state index in [1.807, 2.05) is 38.1 Å². The maximum atomic E-state index is 12.6. The lowest BCUT2D eigenvalue weighted by atomic mass is 10.1. The summed E-state index contributed by atoms with van der Waals surface area (Å²) in [6, 6.07) is 11.2. The summed E-state index contributed by atoms with van der Waals surface area (Å²) in [4.78, 5) is 23.9. The van der Waals surface area contributed by atoms with Crippen LogP contribution in [0, 0.1) is 32.3 Å². The van der Waals surface area contributed by atoms with Gasteiger partial charge < -0.3 is 14.8 Å². The Kier molecular flexibility index (Phi) is 8.45. The summed E-state index contributed by atoms with van der Waals surface area (Å²) >= 11 is 4.16. The number of amides is 1. The van der Waals surface area contributed by atoms with Crippen molar-refractivity contribution in [2.75, 3.05) is 19.0 Å². The molecule has 2 aromatic carbocycles. The van der Waals surface area contributed by atoms with Crippen molar-refractivity contribution >= 4 is 68.8 Å². The number of hydrogen-bond acceptors (Lipinski definition) is 5. The fourth-order valence-electron chi connectivity index (χ4n) is 2.37. The third-order valence-corrected chi connectivity index (χ3v) is 5.50. The predicted molar refractivity (Wildman–Crippen MR) is 128 cm³/mol. The zero-order chi connectivity index (χ0) is 21.6. The van der Waals surface area contributed by atoms with E-state index >= 15 is 0 Å². The highest BCUT2D eigenvalue weighted by Crippen LogP contribution is 2.30. The molecule has 0 atom stereocenters. The van der Waals surface area contributed by atoms with Crippen LogP contribution in [0.2, 0.25) is 0 Å². The van der Waals surface area contributed by atoms with E-state index in [2.05, 4.69) is 55.2 Å². The van der Waals surface area contributed by atoms with Gasteiger partial charge >= 0.3 is 5.97 Å². The summed E-state index contributed by atoms with van der Waals surface area (Å²) < 4.78 is 11.6. The summed E-state index contributed by atoms with van der Waals surface area (Å²) in [6.45, 7) is 3.63. The van der Waals surface area contributed by atoms with E-state index in [0.29, 0.717) is 17.0 Å². The normalized spacial score (nSPS) is 10.8. The van der Waals surface area contributed by atoms with Gasteiger partial charge in [0.2, 0.25) is 0 Å². The molecule has 6 nitrogen and oxygen atoms in total. The summed E-state index contributed by atoms with van der Waals surface area (Å²) in [5, 5.41) is 12.3. The van der Waals surface area contributed by atoms with Crippen LogP contribution in [-0.4, -0.2) is 25.6 Å². The quantitative estimate of drug-likeness (QED) is 0.222. The molecule has 0 aliphatic carbocycles. The lowest BCUT2D eigenvalue weighted by Crippen LogP contribution is -2.14. The average Bonchev–Trinajstić information content (AvgIpc) is 2.67. The SMILES string of the molecule is COC(=O)COc1c(I)cc(/C=C(\C#N)C(=O)Nc2cc(C)ccc2C)cc1I. The number of anilines is 1. The van der Waals surface area contributed by atoms with Gasteiger partial charge in [-0.05, 0) is 100.0 Å². The molecule has 0 fully saturated rings. The minimum Gasteiger partial charge on any atom is -0.480 e. The number of aryl methyl sites for hydroxylation is 2. The standard InChI is InChI=1S/C21H18I2N2O4/c1-12-4-5-13(2)18(6-12)25-21(27)15(10-24)7-14-8-16(22)20(17(23)9-14)29-11-19(26)28-3/h4-9H,11H2,1-3H3,(H,25,27)/b15-7+. The molecule has 2 aromatic rings. The highest BCUT2D eigenvalue weighted by Gasteiger charge is 2.14. The molecule has 29 heavy (non-hydrogen) atoms. The number of carbonyl (C=O) groups excluding carboxylic acids is 2. The van der Waals surface area contributed by atoms with Crippen molar-refractivity contribution in [3.05, 3.63) is 59.7 Å². The summed E-state index contributed by atoms with van der Waals surface area (Å²) in [5.74, 6) is -0.403. The van der Waals surface area contributed by atoms with Gasteiger partial charge in [-0.1, -0.05) is 12.1 Å². The number of ether oxygens (including phenoxy) is 2. The van der Waals surface area contributed by atoms with E-state index < -0.39 is 11.9 Å². The Hall–Kier alpha value is -2.13. The second kappa shape index (κ2) is 10.6. The van der Waals surface area contributed by atoms with E-state index in [4.69, 9.17) is 4.74 Å². The highest BCUT2D eigenvalue weighted by atomic mass is 127. The Balaban J connectivity index is 2.26. The van der Waals surface area contributed by atoms with Gasteiger partial charge in [-0.15, -0.1) is 0 Å². The molecule has 8 heteroatoms. The molecular formula is C21H18I2N2O4. The molecule has 0 saturated carbocycles. The number of nitriles is 1. The predicted octanol–water partition coefficient (Wildman–Crippen LogP) is 4.61. The minimum atomic E-state index is -0.476. The van der Waals surface area contributed by atoms with Crippen molar-refractivity contribution in [2.24, 2.45) is 0 Å². The van der Waals surface area contributed by atoms with Crippen LogP contribution < -0.4 is 10.1 Å². The third-order valence-electron chi connectivity index (χ3n) is 3.90. The van der Waals surface area contributed by atoms with Crippen molar-refractivity contribution in [1.29, 1.82) is 5.26 Å². The van der Waals surface area contributed by atoms with Crippen LogP contribution >= 0.6 is 45.2 Å². The summed E-state index contributed by atoms with van der Waals surface area (Å²) in [7, 11) is 1.29. The van der Waals surface area contributed by atoms with Gasteiger partial charge in [0.15, 0.2) is 6.61 Å². The Morgan fingerprint density at radius 2 is 1.83 bits per heavy atom. The molecule has 0 spiro atoms. The smallest absolute Gasteiger partial charge is 0.343 e. The van der Waals surface area contributed by atoms with Crippen molar-refractivity contribution < 1.29 is 19.1 Å². The number of rotatable bonds is 6. The molecule has 0 bridgehead atoms. The summed E-state index contributed by atoms with van der Waals surface area (Å²) in [5.41, 5.74) is 3.27. The van der Waals surface area contributed by atoms with E-state index in [1.54, 1.807) is 12.1 Å². The van der Waals surface area contributed by atoms with E-state index in [0.717, 1.165) is 18.3 Å². The molecule has 1 N–H and O–H groups in total. The van der Waals surface area contributed by atoms with E-state index in [-0.39, 0.29) is 12.2 Å². The molecule has 0 radical (unpaired) electrons. The van der Waals surface area contributed by atoms with Crippen molar-refractivity contribution in [3.8, 4) is 11.8 Å². The van der Waals surface area contributed by atoms with Gasteiger partial charge in [0.25, 0.3) is 5.91 Å². The highest BCUT2D eigenvalue weighted by molar-refractivity contribution is 14.1. The number of nitrogens with one attached hydrogen (secondary N) is 1. The van der Waals surface area contributed by atoms with Gasteiger partial charge in [0, 0.05) is 5.69 Å². The van der Waals surface area contributed by atoms with E-state index in [1.165, 1.54) is 13.2 Å². The first-order valence-corrected chi connectivity index (χ1v) is 10.6. The van der Waals surface area contributed by atoms with E-state index in [9.17, 15) is 14.9 Å². The number of carbonyl (C=O) groups is 2. The number of hydrogen-bond donors (Lipinski definition) is 1. The van der Waals surface area contributed by atoms with Crippen molar-refractivity contribution in [1.82, 2.24) is 0 Å². The minimum absolute atomic E-state index is 0.0132. The lowest BCUT2D eigenvalue weighted by molar-refractivity contribution is -0.142. The molecule has 0 unspecified atom stereocenters. The molecule has 0 aliphatic heterocycles. The average molecular weight is 616 g/mol. The van der Waals surface area contributed by atoms with Crippen LogP contribution in [0.1, 0.15) is 16.7 Å². The first-order valence-electron chi connectivity index (χ1n) is 8.44. The largest absolute Gasteiger partial charge is 0.480 e. The number of methoxy groups -OCH3 is 1. The lowest BCUT2D eigenvalue weighted by Gasteiger charge is -2.11. The first-order chi connectivity index (χ1) is 13.7. The molecule has 0 saturated heterocycles. The first kappa shape index (κ1) is 23.2. The second-order valence-corrected chi connectivity index (χ2v) is 8.45. The number of benzene rings is 2. The molecule has 0 heterocycles. The van der Waals surface area contributed by atoms with Crippen LogP contribution in [0.3, 0.4) is 0 Å². The van der Waals surface area contributed by atoms with Crippen LogP contribution in [0.15, 0.2) is 35.9 Å². The third kappa shape index (κ3) is 6.43. The molecule has 150 valence electrons. The Morgan fingerprint density at radius 1 is 1.17 bits per heavy atom. The molecular weight excluding hydrogens is 598 g/mol. The van der Waals surface area contributed by atoms with Crippen LogP contribution in [0.4, 0.5) is 5.69 Å². The second-order valence-electron chi connectivity index (χ2n) is 6.12. The zero-order valence-corrected chi connectivity index (χ0v) is 20.3. The fourth-order valence-corrected chi connectivity index (χ4v) is 4.49. The molecule has 2 rings (SSSR count). The van der Waals surface area contributed by atoms with Crippen molar-refractivity contribution in [2.45, 2.75) is 13.8 Å². The van der Waals surface area contributed by atoms with Crippen LogP contribution in [0.25, 0.3) is 6.08 Å². The number of halogens is 2. The maximum absolute atomic E-state index is 12.6. The topological polar surface area (TPSA) is 88.4 Å². The molecule has 0 aliphatic rings. The van der Waals surface area contributed by atoms with Crippen LogP contribution in [-0.2, 0) is 14.3 Å². The summed E-state index contributed by atoms with van der Waals surface area (Å²) in [6.07, 6.45) is 1.52.